The number of aliphatic hydroxyl groups is 4. The van der Waals surface area contributed by atoms with Gasteiger partial charge in [-0.2, -0.15) is 0 Å². The molecule has 4 N–H and O–H groups in total. The molecule has 0 aromatic heterocycles. The maximum Gasteiger partial charge on any atom is 0.190 e. The monoisotopic (exact) mass is 366 g/mol. The summed E-state index contributed by atoms with van der Waals surface area (Å²) in [7, 11) is 0. The molecule has 0 heterocycles. The Morgan fingerprint density at radius 3 is 2.50 bits per heavy atom. The van der Waals surface area contributed by atoms with E-state index >= 15 is 0 Å². The summed E-state index contributed by atoms with van der Waals surface area (Å²) < 4.78 is 0. The van der Waals surface area contributed by atoms with Gasteiger partial charge in [-0.1, -0.05) is 13.8 Å². The lowest BCUT2D eigenvalue weighted by molar-refractivity contribution is -0.202. The van der Waals surface area contributed by atoms with E-state index in [-0.39, 0.29) is 23.4 Å². The molecule has 5 nitrogen and oxygen atoms in total. The van der Waals surface area contributed by atoms with Gasteiger partial charge in [-0.05, 0) is 80.5 Å². The molecule has 4 fully saturated rings. The molecule has 0 amide bonds. The molecule has 0 aromatic carbocycles. The first-order valence-electron chi connectivity index (χ1n) is 10.4. The first-order valence-corrected chi connectivity index (χ1v) is 10.4. The zero-order valence-electron chi connectivity index (χ0n) is 16.0. The zero-order valence-corrected chi connectivity index (χ0v) is 16.0. The summed E-state index contributed by atoms with van der Waals surface area (Å²) in [6.45, 7) is 3.61. The van der Waals surface area contributed by atoms with Crippen LogP contribution >= 0.6 is 0 Å². The van der Waals surface area contributed by atoms with Gasteiger partial charge < -0.3 is 20.4 Å². The van der Waals surface area contributed by atoms with Crippen LogP contribution in [0.4, 0.5) is 0 Å². The summed E-state index contributed by atoms with van der Waals surface area (Å²) in [6.07, 6.45) is 5.48. The second-order valence-electron chi connectivity index (χ2n) is 10.2. The van der Waals surface area contributed by atoms with Crippen molar-refractivity contribution in [3.63, 3.8) is 0 Å². The number of rotatable bonds is 2. The van der Waals surface area contributed by atoms with E-state index < -0.39 is 29.5 Å². The third kappa shape index (κ3) is 2.27. The topological polar surface area (TPSA) is 98.0 Å². The van der Waals surface area contributed by atoms with Crippen LogP contribution in [-0.2, 0) is 4.79 Å². The SMILES string of the molecule is C[C@]12CC[C@@H](O)C[C@H]1CC[C@H]1[C@H]2[C@@H](O)C[C@@]2(C)[C@H]1CC[C@]2(O)C(=O)CO. The number of aliphatic hydroxyl groups excluding tert-OH is 3. The summed E-state index contributed by atoms with van der Waals surface area (Å²) in [5.41, 5.74) is -2.14. The van der Waals surface area contributed by atoms with Crippen LogP contribution in [0.3, 0.4) is 0 Å². The van der Waals surface area contributed by atoms with Crippen molar-refractivity contribution in [2.24, 2.45) is 34.5 Å². The lowest BCUT2D eigenvalue weighted by Gasteiger charge is -2.62. The first-order chi connectivity index (χ1) is 12.2. The summed E-state index contributed by atoms with van der Waals surface area (Å²) >= 11 is 0. The fourth-order valence-corrected chi connectivity index (χ4v) is 7.95. The van der Waals surface area contributed by atoms with E-state index in [0.29, 0.717) is 24.7 Å². The molecule has 5 heteroatoms. The smallest absolute Gasteiger partial charge is 0.190 e. The Labute approximate surface area is 155 Å². The van der Waals surface area contributed by atoms with Crippen molar-refractivity contribution in [2.45, 2.75) is 83.0 Å². The van der Waals surface area contributed by atoms with Gasteiger partial charge in [0.15, 0.2) is 5.78 Å². The predicted molar refractivity (Wildman–Crippen MR) is 96.2 cm³/mol. The molecule has 26 heavy (non-hydrogen) atoms. The minimum absolute atomic E-state index is 0.0323. The van der Waals surface area contributed by atoms with Gasteiger partial charge >= 0.3 is 0 Å². The van der Waals surface area contributed by atoms with E-state index in [1.165, 1.54) is 0 Å². The molecule has 0 unspecified atom stereocenters. The minimum Gasteiger partial charge on any atom is -0.393 e. The van der Waals surface area contributed by atoms with Gasteiger partial charge in [0.2, 0.25) is 0 Å². The number of carbonyl (C=O) groups excluding carboxylic acids is 1. The summed E-state index contributed by atoms with van der Waals surface area (Å²) in [5, 5.41) is 41.9. The van der Waals surface area contributed by atoms with Crippen molar-refractivity contribution in [3.8, 4) is 0 Å². The third-order valence-electron chi connectivity index (χ3n) is 9.33. The maximum absolute atomic E-state index is 12.4. The largest absolute Gasteiger partial charge is 0.393 e. The minimum atomic E-state index is -1.52. The van der Waals surface area contributed by atoms with E-state index in [1.807, 2.05) is 6.92 Å². The molecular weight excluding hydrogens is 332 g/mol. The average molecular weight is 366 g/mol. The molecule has 0 aliphatic heterocycles. The Morgan fingerprint density at radius 2 is 1.81 bits per heavy atom. The van der Waals surface area contributed by atoms with E-state index in [4.69, 9.17) is 0 Å². The lowest BCUT2D eigenvalue weighted by Crippen LogP contribution is -2.63. The van der Waals surface area contributed by atoms with Crippen LogP contribution in [-0.4, -0.2) is 50.6 Å². The zero-order chi connectivity index (χ0) is 18.9. The van der Waals surface area contributed by atoms with Crippen LogP contribution in [0.5, 0.6) is 0 Å². The second kappa shape index (κ2) is 6.00. The Balaban J connectivity index is 1.69. The van der Waals surface area contributed by atoms with Crippen molar-refractivity contribution >= 4 is 5.78 Å². The van der Waals surface area contributed by atoms with Gasteiger partial charge in [-0.3, -0.25) is 4.79 Å². The normalized spacial score (nSPS) is 56.4. The second-order valence-corrected chi connectivity index (χ2v) is 10.2. The fourth-order valence-electron chi connectivity index (χ4n) is 7.95. The molecule has 4 aliphatic rings. The van der Waals surface area contributed by atoms with Crippen molar-refractivity contribution in [2.75, 3.05) is 6.61 Å². The molecule has 0 aromatic rings. The van der Waals surface area contributed by atoms with Crippen molar-refractivity contribution in [3.05, 3.63) is 0 Å². The predicted octanol–water partition coefficient (Wildman–Crippen LogP) is 1.65. The van der Waals surface area contributed by atoms with Crippen LogP contribution in [0.1, 0.15) is 65.2 Å². The molecule has 0 radical (unpaired) electrons. The third-order valence-corrected chi connectivity index (χ3v) is 9.33. The summed E-state index contributed by atoms with van der Waals surface area (Å²) in [6, 6.07) is 0. The van der Waals surface area contributed by atoms with Crippen LogP contribution in [0.15, 0.2) is 0 Å². The number of hydrogen-bond donors (Lipinski definition) is 4. The van der Waals surface area contributed by atoms with Gasteiger partial charge in [0.1, 0.15) is 12.2 Å². The standard InChI is InChI=1S/C21H34O5/c1-19-7-5-13(23)9-12(19)3-4-14-15-6-8-21(26,17(25)11-22)20(15,2)10-16(24)18(14)19/h12-16,18,22-24,26H,3-11H2,1-2H3/t12-,13-,14-,15+,16+,18+,19+,20+,21+/m1/s1. The summed E-state index contributed by atoms with van der Waals surface area (Å²) in [5.74, 6) is 0.653. The Bertz CT molecular complexity index is 593. The molecule has 9 atom stereocenters. The molecular formula is C21H34O5. The van der Waals surface area contributed by atoms with Crippen LogP contribution in [0.25, 0.3) is 0 Å². The Kier molecular flexibility index (Phi) is 4.35. The van der Waals surface area contributed by atoms with Crippen LogP contribution in [0, 0.1) is 34.5 Å². The van der Waals surface area contributed by atoms with E-state index in [2.05, 4.69) is 6.92 Å². The van der Waals surface area contributed by atoms with Gasteiger partial charge in [0.25, 0.3) is 0 Å². The van der Waals surface area contributed by atoms with Crippen molar-refractivity contribution < 1.29 is 25.2 Å². The molecule has 4 saturated carbocycles. The van der Waals surface area contributed by atoms with Gasteiger partial charge in [0.05, 0.1) is 12.2 Å². The highest BCUT2D eigenvalue weighted by Gasteiger charge is 2.68. The van der Waals surface area contributed by atoms with Gasteiger partial charge in [-0.25, -0.2) is 0 Å². The number of ketones is 1. The van der Waals surface area contributed by atoms with Gasteiger partial charge in [0, 0.05) is 5.41 Å². The maximum atomic E-state index is 12.4. The Morgan fingerprint density at radius 1 is 1.08 bits per heavy atom. The van der Waals surface area contributed by atoms with E-state index in [1.54, 1.807) is 0 Å². The highest BCUT2D eigenvalue weighted by atomic mass is 16.3. The quantitative estimate of drug-likeness (QED) is 0.596. The number of hydrogen-bond acceptors (Lipinski definition) is 5. The van der Waals surface area contributed by atoms with Gasteiger partial charge in [-0.15, -0.1) is 0 Å². The first kappa shape index (κ1) is 18.9. The highest BCUT2D eigenvalue weighted by molar-refractivity contribution is 5.89. The number of Topliss-reactive ketones (excluding diaryl/α,β-unsaturated/α-hetero) is 1. The molecule has 4 aliphatic carbocycles. The number of carbonyl (C=O) groups is 1. The van der Waals surface area contributed by atoms with E-state index in [0.717, 1.165) is 38.5 Å². The highest BCUT2D eigenvalue weighted by Crippen LogP contribution is 2.68. The number of fused-ring (bicyclic) bond motifs is 5. The van der Waals surface area contributed by atoms with Crippen LogP contribution < -0.4 is 0 Å². The molecule has 4 rings (SSSR count). The van der Waals surface area contributed by atoms with Crippen LogP contribution in [0.2, 0.25) is 0 Å². The van der Waals surface area contributed by atoms with Crippen molar-refractivity contribution in [1.82, 2.24) is 0 Å². The fraction of sp³-hybridized carbons (Fsp3) is 0.952. The Hall–Kier alpha value is -0.490. The average Bonchev–Trinajstić information content (AvgIpc) is 2.86. The van der Waals surface area contributed by atoms with E-state index in [9.17, 15) is 25.2 Å². The molecule has 0 saturated heterocycles. The molecule has 0 bridgehead atoms. The molecule has 148 valence electrons. The van der Waals surface area contributed by atoms with Crippen molar-refractivity contribution in [1.29, 1.82) is 0 Å². The summed E-state index contributed by atoms with van der Waals surface area (Å²) in [4.78, 5) is 12.4. The molecule has 0 spiro atoms. The lowest BCUT2D eigenvalue weighted by atomic mass is 9.43.